The van der Waals surface area contributed by atoms with Crippen molar-refractivity contribution in [2.24, 2.45) is 0 Å². The number of amides is 1. The average molecular weight is 337 g/mol. The molecule has 1 fully saturated rings. The fraction of sp³-hybridized carbons (Fsp3) is 0.667. The zero-order valence-corrected chi connectivity index (χ0v) is 15.9. The van der Waals surface area contributed by atoms with Crippen LogP contribution in [0.1, 0.15) is 66.0 Å². The van der Waals surface area contributed by atoms with Crippen LogP contribution in [0.15, 0.2) is 23.4 Å². The maximum Gasteiger partial charge on any atom is 0.410 e. The van der Waals surface area contributed by atoms with Crippen molar-refractivity contribution < 1.29 is 9.53 Å². The number of thioether (sulfide) groups is 1. The van der Waals surface area contributed by atoms with Crippen molar-refractivity contribution in [1.82, 2.24) is 9.88 Å². The summed E-state index contributed by atoms with van der Waals surface area (Å²) in [7, 11) is 0. The van der Waals surface area contributed by atoms with Crippen LogP contribution >= 0.6 is 11.8 Å². The summed E-state index contributed by atoms with van der Waals surface area (Å²) >= 11 is 1.75. The first kappa shape index (κ1) is 18.1. The Morgan fingerprint density at radius 1 is 1.30 bits per heavy atom. The number of rotatable bonds is 2. The fourth-order valence-electron chi connectivity index (χ4n) is 2.66. The molecule has 0 unspecified atom stereocenters. The van der Waals surface area contributed by atoms with Gasteiger partial charge in [0.1, 0.15) is 10.6 Å². The van der Waals surface area contributed by atoms with Gasteiger partial charge in [0.25, 0.3) is 0 Å². The van der Waals surface area contributed by atoms with Crippen molar-refractivity contribution in [3.63, 3.8) is 0 Å². The fourth-order valence-corrected chi connectivity index (χ4v) is 3.68. The normalized spacial score (nSPS) is 19.0. The molecular weight excluding hydrogens is 308 g/mol. The summed E-state index contributed by atoms with van der Waals surface area (Å²) in [5, 5.41) is 1.01. The van der Waals surface area contributed by atoms with Crippen LogP contribution in [-0.4, -0.2) is 32.9 Å². The summed E-state index contributed by atoms with van der Waals surface area (Å²) in [6.07, 6.45) is 3.56. The third kappa shape index (κ3) is 5.13. The number of aromatic nitrogens is 1. The Morgan fingerprint density at radius 2 is 2.00 bits per heavy atom. The first-order valence-electron chi connectivity index (χ1n) is 8.20. The number of ether oxygens (including phenoxy) is 1. The van der Waals surface area contributed by atoms with Gasteiger partial charge in [0.15, 0.2) is 0 Å². The number of hydrogen-bond donors (Lipinski definition) is 0. The van der Waals surface area contributed by atoms with Crippen LogP contribution < -0.4 is 0 Å². The van der Waals surface area contributed by atoms with E-state index >= 15 is 0 Å². The number of hydrogen-bond acceptors (Lipinski definition) is 4. The van der Waals surface area contributed by atoms with Crippen molar-refractivity contribution in [3.05, 3.63) is 23.9 Å². The minimum absolute atomic E-state index is 0.0587. The maximum absolute atomic E-state index is 12.5. The highest BCUT2D eigenvalue weighted by atomic mass is 32.2. The molecule has 1 aromatic rings. The molecule has 0 aliphatic carbocycles. The van der Waals surface area contributed by atoms with E-state index in [2.05, 4.69) is 31.8 Å². The minimum Gasteiger partial charge on any atom is -0.444 e. The summed E-state index contributed by atoms with van der Waals surface area (Å²) in [6, 6.07) is 4.10. The predicted octanol–water partition coefficient (Wildman–Crippen LogP) is 5.04. The smallest absolute Gasteiger partial charge is 0.410 e. The summed E-state index contributed by atoms with van der Waals surface area (Å²) in [4.78, 5) is 18.9. The van der Waals surface area contributed by atoms with Gasteiger partial charge in [-0.2, -0.15) is 0 Å². The van der Waals surface area contributed by atoms with E-state index < -0.39 is 5.60 Å². The Kier molecular flexibility index (Phi) is 5.29. The molecule has 1 saturated heterocycles. The molecule has 128 valence electrons. The molecule has 2 rings (SSSR count). The van der Waals surface area contributed by atoms with Crippen molar-refractivity contribution in [2.75, 3.05) is 6.54 Å². The molecular formula is C18H28N2O2S. The Morgan fingerprint density at radius 3 is 2.61 bits per heavy atom. The van der Waals surface area contributed by atoms with Crippen LogP contribution in [0.4, 0.5) is 4.79 Å². The molecule has 1 aromatic heterocycles. The van der Waals surface area contributed by atoms with Crippen molar-refractivity contribution in [3.8, 4) is 0 Å². The van der Waals surface area contributed by atoms with E-state index in [1.807, 2.05) is 37.9 Å². The molecule has 0 N–H and O–H groups in total. The number of carbonyl (C=O) groups is 1. The second-order valence-electron chi connectivity index (χ2n) is 7.94. The van der Waals surface area contributed by atoms with Gasteiger partial charge in [-0.25, -0.2) is 9.78 Å². The highest BCUT2D eigenvalue weighted by Gasteiger charge is 2.35. The lowest BCUT2D eigenvalue weighted by atomic mass is 10.1. The lowest BCUT2D eigenvalue weighted by Gasteiger charge is -2.30. The molecule has 4 nitrogen and oxygen atoms in total. The molecule has 1 atom stereocenters. The Bertz CT molecular complexity index is 561. The summed E-state index contributed by atoms with van der Waals surface area (Å²) in [5.74, 6) is 0. The van der Waals surface area contributed by atoms with E-state index in [1.165, 1.54) is 0 Å². The molecule has 0 radical (unpaired) electrons. The van der Waals surface area contributed by atoms with Crippen LogP contribution in [0.25, 0.3) is 0 Å². The Hall–Kier alpha value is -1.23. The minimum atomic E-state index is -0.470. The summed E-state index contributed by atoms with van der Waals surface area (Å²) in [6.45, 7) is 13.0. The highest BCUT2D eigenvalue weighted by Crippen LogP contribution is 2.40. The number of likely N-dealkylation sites (tertiary alicyclic amines) is 1. The second kappa shape index (κ2) is 6.71. The maximum atomic E-state index is 12.5. The van der Waals surface area contributed by atoms with Crippen LogP contribution in [0.2, 0.25) is 0 Å². The van der Waals surface area contributed by atoms with E-state index in [1.54, 1.807) is 11.8 Å². The van der Waals surface area contributed by atoms with Crippen molar-refractivity contribution in [1.29, 1.82) is 0 Å². The third-order valence-electron chi connectivity index (χ3n) is 3.44. The molecule has 2 heterocycles. The van der Waals surface area contributed by atoms with Gasteiger partial charge in [-0.3, -0.25) is 0 Å². The number of pyridine rings is 1. The van der Waals surface area contributed by atoms with E-state index in [9.17, 15) is 4.79 Å². The van der Waals surface area contributed by atoms with E-state index in [-0.39, 0.29) is 16.9 Å². The van der Waals surface area contributed by atoms with Gasteiger partial charge in [-0.05, 0) is 39.7 Å². The van der Waals surface area contributed by atoms with Crippen molar-refractivity contribution in [2.45, 2.75) is 75.8 Å². The molecule has 1 amide bonds. The zero-order valence-electron chi connectivity index (χ0n) is 15.0. The van der Waals surface area contributed by atoms with E-state index in [0.717, 1.165) is 30.0 Å². The average Bonchev–Trinajstić information content (AvgIpc) is 2.84. The number of carbonyl (C=O) groups excluding carboxylic acids is 1. The van der Waals surface area contributed by atoms with Gasteiger partial charge in [0.05, 0.1) is 6.04 Å². The number of nitrogens with zero attached hydrogens (tertiary/aromatic N) is 2. The van der Waals surface area contributed by atoms with Gasteiger partial charge in [0, 0.05) is 23.1 Å². The van der Waals surface area contributed by atoms with Crippen LogP contribution in [0, 0.1) is 0 Å². The molecule has 1 aliphatic heterocycles. The second-order valence-corrected chi connectivity index (χ2v) is 9.76. The topological polar surface area (TPSA) is 42.4 Å². The molecule has 0 aromatic carbocycles. The quantitative estimate of drug-likeness (QED) is 0.709. The van der Waals surface area contributed by atoms with E-state index in [4.69, 9.17) is 4.74 Å². The molecule has 0 saturated carbocycles. The molecule has 5 heteroatoms. The highest BCUT2D eigenvalue weighted by molar-refractivity contribution is 8.00. The first-order valence-corrected chi connectivity index (χ1v) is 9.02. The largest absolute Gasteiger partial charge is 0.444 e. The standard InChI is InChI=1S/C18H28N2O2S/c1-17(2,3)22-16(21)20-12-8-10-14(20)13-9-7-11-19-15(13)23-18(4,5)6/h7,9,11,14H,8,10,12H2,1-6H3/t14-/m1/s1. The Balaban J connectivity index is 2.25. The third-order valence-corrected chi connectivity index (χ3v) is 4.59. The molecule has 0 bridgehead atoms. The molecule has 0 spiro atoms. The van der Waals surface area contributed by atoms with Gasteiger partial charge in [0.2, 0.25) is 0 Å². The Labute approximate surface area is 144 Å². The lowest BCUT2D eigenvalue weighted by Crippen LogP contribution is -2.36. The molecule has 1 aliphatic rings. The predicted molar refractivity (Wildman–Crippen MR) is 94.8 cm³/mol. The SMILES string of the molecule is CC(C)(C)OC(=O)N1CCC[C@@H]1c1cccnc1SC(C)(C)C. The van der Waals surface area contributed by atoms with Gasteiger partial charge in [-0.15, -0.1) is 11.8 Å². The van der Waals surface area contributed by atoms with Crippen LogP contribution in [0.5, 0.6) is 0 Å². The van der Waals surface area contributed by atoms with Gasteiger partial charge in [-0.1, -0.05) is 26.8 Å². The van der Waals surface area contributed by atoms with E-state index in [0.29, 0.717) is 0 Å². The summed E-state index contributed by atoms with van der Waals surface area (Å²) in [5.41, 5.74) is 0.665. The first-order chi connectivity index (χ1) is 10.6. The lowest BCUT2D eigenvalue weighted by molar-refractivity contribution is 0.0222. The molecule has 23 heavy (non-hydrogen) atoms. The van der Waals surface area contributed by atoms with Gasteiger partial charge >= 0.3 is 6.09 Å². The summed E-state index contributed by atoms with van der Waals surface area (Å²) < 4.78 is 5.66. The van der Waals surface area contributed by atoms with Gasteiger partial charge < -0.3 is 9.64 Å². The monoisotopic (exact) mass is 336 g/mol. The van der Waals surface area contributed by atoms with Crippen LogP contribution in [-0.2, 0) is 4.74 Å². The zero-order chi connectivity index (χ0) is 17.3. The van der Waals surface area contributed by atoms with Crippen LogP contribution in [0.3, 0.4) is 0 Å². The van der Waals surface area contributed by atoms with Crippen molar-refractivity contribution >= 4 is 17.9 Å².